The Bertz CT molecular complexity index is 646. The first-order valence-corrected chi connectivity index (χ1v) is 7.18. The molecule has 2 aromatic heterocycles. The molecule has 3 heterocycles. The average molecular weight is 286 g/mol. The molecule has 0 unspecified atom stereocenters. The topological polar surface area (TPSA) is 80.7 Å². The number of hydrogen-bond donors (Lipinski definition) is 1. The van der Waals surface area contributed by atoms with Gasteiger partial charge < -0.3 is 15.0 Å². The third kappa shape index (κ3) is 2.74. The van der Waals surface area contributed by atoms with Gasteiger partial charge in [0.25, 0.3) is 5.91 Å². The Morgan fingerprint density at radius 2 is 2.19 bits per heavy atom. The number of pyridine rings is 1. The Kier molecular flexibility index (Phi) is 3.60. The number of piperidine rings is 1. The zero-order valence-electron chi connectivity index (χ0n) is 11.7. The van der Waals surface area contributed by atoms with E-state index in [1.165, 1.54) is 0 Å². The van der Waals surface area contributed by atoms with E-state index in [1.807, 2.05) is 28.8 Å². The van der Waals surface area contributed by atoms with Crippen LogP contribution in [-0.4, -0.2) is 38.7 Å². The van der Waals surface area contributed by atoms with Gasteiger partial charge in [-0.05, 0) is 31.4 Å². The number of carbonyl (C=O) groups excluding carboxylic acids is 2. The van der Waals surface area contributed by atoms with Gasteiger partial charge in [0, 0.05) is 31.4 Å². The molecular weight excluding hydrogens is 268 g/mol. The van der Waals surface area contributed by atoms with Crippen LogP contribution in [0.15, 0.2) is 30.6 Å². The summed E-state index contributed by atoms with van der Waals surface area (Å²) in [6.45, 7) is 0.657. The number of nitrogens with zero attached hydrogens (tertiary/aromatic N) is 3. The van der Waals surface area contributed by atoms with Crippen molar-refractivity contribution in [2.75, 3.05) is 6.54 Å². The fourth-order valence-corrected chi connectivity index (χ4v) is 2.90. The highest BCUT2D eigenvalue weighted by molar-refractivity contribution is 5.93. The van der Waals surface area contributed by atoms with Crippen LogP contribution in [-0.2, 0) is 4.79 Å². The van der Waals surface area contributed by atoms with E-state index in [4.69, 9.17) is 5.73 Å². The smallest absolute Gasteiger partial charge is 0.274 e. The molecule has 0 radical (unpaired) electrons. The van der Waals surface area contributed by atoms with E-state index >= 15 is 0 Å². The zero-order valence-corrected chi connectivity index (χ0v) is 11.7. The van der Waals surface area contributed by atoms with Gasteiger partial charge >= 0.3 is 0 Å². The van der Waals surface area contributed by atoms with Gasteiger partial charge in [0.1, 0.15) is 11.3 Å². The number of fused-ring (bicyclic) bond motifs is 1. The molecule has 1 aliphatic rings. The minimum atomic E-state index is -0.366. The van der Waals surface area contributed by atoms with Crippen molar-refractivity contribution >= 4 is 17.5 Å². The van der Waals surface area contributed by atoms with Crippen LogP contribution in [0.1, 0.15) is 36.2 Å². The van der Waals surface area contributed by atoms with E-state index in [-0.39, 0.29) is 24.3 Å². The van der Waals surface area contributed by atoms with Crippen LogP contribution in [0.25, 0.3) is 5.65 Å². The van der Waals surface area contributed by atoms with E-state index in [0.717, 1.165) is 24.9 Å². The lowest BCUT2D eigenvalue weighted by Crippen LogP contribution is -2.45. The lowest BCUT2D eigenvalue weighted by atomic mass is 9.98. The second-order valence-electron chi connectivity index (χ2n) is 5.41. The first-order valence-electron chi connectivity index (χ1n) is 7.18. The van der Waals surface area contributed by atoms with Crippen LogP contribution in [0.5, 0.6) is 0 Å². The summed E-state index contributed by atoms with van der Waals surface area (Å²) < 4.78 is 1.82. The molecule has 1 atom stereocenters. The number of carbonyl (C=O) groups is 2. The Hall–Kier alpha value is -2.37. The number of amides is 2. The Morgan fingerprint density at radius 3 is 2.95 bits per heavy atom. The van der Waals surface area contributed by atoms with Crippen LogP contribution in [0.4, 0.5) is 0 Å². The summed E-state index contributed by atoms with van der Waals surface area (Å²) in [4.78, 5) is 29.9. The van der Waals surface area contributed by atoms with Gasteiger partial charge in [-0.3, -0.25) is 9.59 Å². The van der Waals surface area contributed by atoms with Crippen molar-refractivity contribution in [1.82, 2.24) is 14.3 Å². The lowest BCUT2D eigenvalue weighted by molar-refractivity contribution is -0.119. The molecule has 2 N–H and O–H groups in total. The Morgan fingerprint density at radius 1 is 1.33 bits per heavy atom. The molecule has 2 aromatic rings. The molecule has 1 aliphatic heterocycles. The predicted octanol–water partition coefficient (Wildman–Crippen LogP) is 1.20. The maximum Gasteiger partial charge on any atom is 0.274 e. The van der Waals surface area contributed by atoms with Crippen molar-refractivity contribution in [3.05, 3.63) is 36.3 Å². The Labute approximate surface area is 122 Å². The van der Waals surface area contributed by atoms with E-state index in [1.54, 1.807) is 11.1 Å². The summed E-state index contributed by atoms with van der Waals surface area (Å²) in [7, 11) is 0. The van der Waals surface area contributed by atoms with Gasteiger partial charge in [-0.25, -0.2) is 4.98 Å². The second-order valence-corrected chi connectivity index (χ2v) is 5.41. The molecule has 0 spiro atoms. The molecule has 0 saturated carbocycles. The van der Waals surface area contributed by atoms with Crippen LogP contribution < -0.4 is 5.73 Å². The van der Waals surface area contributed by atoms with Gasteiger partial charge in [0.05, 0.1) is 0 Å². The molecule has 1 fully saturated rings. The molecule has 2 amide bonds. The van der Waals surface area contributed by atoms with Crippen LogP contribution >= 0.6 is 0 Å². The third-order valence-electron chi connectivity index (χ3n) is 3.91. The van der Waals surface area contributed by atoms with Crippen molar-refractivity contribution in [1.29, 1.82) is 0 Å². The minimum absolute atomic E-state index is 0.103. The Balaban J connectivity index is 1.86. The molecule has 110 valence electrons. The molecule has 0 aromatic carbocycles. The SMILES string of the molecule is NC(=O)C[C@H]1CCCCN1C(=O)c1cn2ccccc2n1. The summed E-state index contributed by atoms with van der Waals surface area (Å²) in [6.07, 6.45) is 6.60. The van der Waals surface area contributed by atoms with Crippen LogP contribution in [0.3, 0.4) is 0 Å². The highest BCUT2D eigenvalue weighted by Crippen LogP contribution is 2.21. The highest BCUT2D eigenvalue weighted by Gasteiger charge is 2.29. The first-order chi connectivity index (χ1) is 10.1. The number of likely N-dealkylation sites (tertiary alicyclic amines) is 1. The summed E-state index contributed by atoms with van der Waals surface area (Å²) >= 11 is 0. The van der Waals surface area contributed by atoms with Gasteiger partial charge in [0.2, 0.25) is 5.91 Å². The predicted molar refractivity (Wildman–Crippen MR) is 77.7 cm³/mol. The normalized spacial score (nSPS) is 18.9. The third-order valence-corrected chi connectivity index (χ3v) is 3.91. The largest absolute Gasteiger partial charge is 0.370 e. The van der Waals surface area contributed by atoms with Gasteiger partial charge in [-0.15, -0.1) is 0 Å². The fraction of sp³-hybridized carbons (Fsp3) is 0.400. The molecule has 21 heavy (non-hydrogen) atoms. The highest BCUT2D eigenvalue weighted by atomic mass is 16.2. The van der Waals surface area contributed by atoms with Gasteiger partial charge in [0.15, 0.2) is 0 Å². The van der Waals surface area contributed by atoms with E-state index < -0.39 is 0 Å². The van der Waals surface area contributed by atoms with E-state index in [2.05, 4.69) is 4.98 Å². The molecule has 3 rings (SSSR count). The number of aromatic nitrogens is 2. The number of primary amides is 1. The molecule has 6 nitrogen and oxygen atoms in total. The van der Waals surface area contributed by atoms with Crippen molar-refractivity contribution < 1.29 is 9.59 Å². The maximum atomic E-state index is 12.7. The van der Waals surface area contributed by atoms with Crippen molar-refractivity contribution in [3.63, 3.8) is 0 Å². The molecule has 0 aliphatic carbocycles. The average Bonchev–Trinajstić information content (AvgIpc) is 2.90. The molecule has 6 heteroatoms. The van der Waals surface area contributed by atoms with Crippen LogP contribution in [0.2, 0.25) is 0 Å². The summed E-state index contributed by atoms with van der Waals surface area (Å²) in [6, 6.07) is 5.52. The quantitative estimate of drug-likeness (QED) is 0.920. The minimum Gasteiger partial charge on any atom is -0.370 e. The number of nitrogens with two attached hydrogens (primary N) is 1. The maximum absolute atomic E-state index is 12.7. The summed E-state index contributed by atoms with van der Waals surface area (Å²) in [5.74, 6) is -0.487. The molecule has 0 bridgehead atoms. The van der Waals surface area contributed by atoms with Crippen molar-refractivity contribution in [2.45, 2.75) is 31.7 Å². The lowest BCUT2D eigenvalue weighted by Gasteiger charge is -2.34. The van der Waals surface area contributed by atoms with Crippen molar-refractivity contribution in [3.8, 4) is 0 Å². The monoisotopic (exact) mass is 286 g/mol. The molecular formula is C15H18N4O2. The standard InChI is InChI=1S/C15H18N4O2/c16-13(20)9-11-5-1-4-8-19(11)15(21)12-10-18-7-3-2-6-14(18)17-12/h2-3,6-7,10-11H,1,4-5,8-9H2,(H2,16,20)/t11-/m1/s1. The van der Waals surface area contributed by atoms with Crippen LogP contribution in [0, 0.1) is 0 Å². The first kappa shape index (κ1) is 13.6. The number of rotatable bonds is 3. The zero-order chi connectivity index (χ0) is 14.8. The fourth-order valence-electron chi connectivity index (χ4n) is 2.90. The van der Waals surface area contributed by atoms with E-state index in [9.17, 15) is 9.59 Å². The summed E-state index contributed by atoms with van der Waals surface area (Å²) in [5, 5.41) is 0. The second kappa shape index (κ2) is 5.55. The molecule has 1 saturated heterocycles. The van der Waals surface area contributed by atoms with Gasteiger partial charge in [-0.1, -0.05) is 6.07 Å². The number of imidazole rings is 1. The van der Waals surface area contributed by atoms with Crippen molar-refractivity contribution in [2.24, 2.45) is 5.73 Å². The number of hydrogen-bond acceptors (Lipinski definition) is 3. The summed E-state index contributed by atoms with van der Waals surface area (Å²) in [5.41, 5.74) is 6.44. The van der Waals surface area contributed by atoms with E-state index in [0.29, 0.717) is 12.2 Å². The van der Waals surface area contributed by atoms with Gasteiger partial charge in [-0.2, -0.15) is 0 Å².